The van der Waals surface area contributed by atoms with Gasteiger partial charge in [-0.05, 0) is 36.8 Å². The summed E-state index contributed by atoms with van der Waals surface area (Å²) in [5.41, 5.74) is 3.24. The molecule has 1 saturated carbocycles. The summed E-state index contributed by atoms with van der Waals surface area (Å²) in [5, 5.41) is 10.7. The zero-order valence-corrected chi connectivity index (χ0v) is 11.3. The van der Waals surface area contributed by atoms with Crippen LogP contribution in [0.5, 0.6) is 0 Å². The normalized spacial score (nSPS) is 17.2. The van der Waals surface area contributed by atoms with Gasteiger partial charge in [-0.1, -0.05) is 30.7 Å². The number of aliphatic hydroxyl groups excluding tert-OH is 1. The van der Waals surface area contributed by atoms with E-state index in [9.17, 15) is 5.11 Å². The maximum Gasteiger partial charge on any atom is 0.121 e. The van der Waals surface area contributed by atoms with E-state index in [2.05, 4.69) is 24.0 Å². The molecule has 0 radical (unpaired) electrons. The van der Waals surface area contributed by atoms with Crippen molar-refractivity contribution in [1.82, 2.24) is 9.55 Å². The second-order valence-electron chi connectivity index (χ2n) is 5.26. The molecule has 1 unspecified atom stereocenters. The van der Waals surface area contributed by atoms with Crippen LogP contribution >= 0.6 is 0 Å². The molecule has 0 bridgehead atoms. The zero-order chi connectivity index (χ0) is 13.2. The molecule has 0 amide bonds. The molecule has 2 aromatic rings. The summed E-state index contributed by atoms with van der Waals surface area (Å²) in [4.78, 5) is 4.15. The van der Waals surface area contributed by atoms with Crippen molar-refractivity contribution in [3.63, 3.8) is 0 Å². The van der Waals surface area contributed by atoms with Gasteiger partial charge in [-0.3, -0.25) is 0 Å². The minimum absolute atomic E-state index is 0.570. The monoisotopic (exact) mass is 256 g/mol. The predicted molar refractivity (Wildman–Crippen MR) is 75.0 cm³/mol. The second-order valence-corrected chi connectivity index (χ2v) is 5.26. The molecule has 3 rings (SSSR count). The first-order chi connectivity index (χ1) is 9.31. The maximum absolute atomic E-state index is 10.7. The van der Waals surface area contributed by atoms with Crippen LogP contribution in [0.4, 0.5) is 0 Å². The highest BCUT2D eigenvalue weighted by Gasteiger charge is 2.25. The first-order valence-electron chi connectivity index (χ1n) is 7.08. The third kappa shape index (κ3) is 2.19. The molecule has 1 heterocycles. The van der Waals surface area contributed by atoms with E-state index in [0.29, 0.717) is 5.92 Å². The van der Waals surface area contributed by atoms with Crippen molar-refractivity contribution in [2.75, 3.05) is 0 Å². The highest BCUT2D eigenvalue weighted by molar-refractivity contribution is 5.36. The molecule has 1 N–H and O–H groups in total. The fourth-order valence-corrected chi connectivity index (χ4v) is 2.83. The van der Waals surface area contributed by atoms with Crippen LogP contribution in [0.15, 0.2) is 36.8 Å². The Labute approximate surface area is 113 Å². The number of benzene rings is 1. The van der Waals surface area contributed by atoms with Gasteiger partial charge in [0.05, 0.1) is 18.2 Å². The lowest BCUT2D eigenvalue weighted by Gasteiger charge is -2.29. The van der Waals surface area contributed by atoms with E-state index in [4.69, 9.17) is 0 Å². The number of aromatic nitrogens is 2. The molecule has 1 aliphatic rings. The van der Waals surface area contributed by atoms with Crippen molar-refractivity contribution < 1.29 is 5.11 Å². The minimum Gasteiger partial charge on any atom is -0.382 e. The lowest BCUT2D eigenvalue weighted by molar-refractivity contribution is 0.207. The molecule has 100 valence electrons. The Bertz CT molecular complexity index is 557. The van der Waals surface area contributed by atoms with Crippen LogP contribution < -0.4 is 0 Å². The summed E-state index contributed by atoms with van der Waals surface area (Å²) in [6.45, 7) is 2.90. The van der Waals surface area contributed by atoms with Gasteiger partial charge in [0.2, 0.25) is 0 Å². The average molecular weight is 256 g/mol. The Balaban J connectivity index is 1.97. The van der Waals surface area contributed by atoms with Crippen LogP contribution in [0.1, 0.15) is 55.0 Å². The molecular weight excluding hydrogens is 236 g/mol. The third-order valence-electron chi connectivity index (χ3n) is 4.20. The Kier molecular flexibility index (Phi) is 3.38. The molecule has 0 aliphatic heterocycles. The summed E-state index contributed by atoms with van der Waals surface area (Å²) < 4.78 is 2.00. The van der Waals surface area contributed by atoms with E-state index >= 15 is 0 Å². The fourth-order valence-electron chi connectivity index (χ4n) is 2.83. The molecule has 1 aromatic heterocycles. The molecule has 19 heavy (non-hydrogen) atoms. The molecule has 1 aromatic carbocycles. The summed E-state index contributed by atoms with van der Waals surface area (Å²) in [5.74, 6) is 0.629. The van der Waals surface area contributed by atoms with Crippen LogP contribution in [0.3, 0.4) is 0 Å². The maximum atomic E-state index is 10.7. The molecule has 3 heteroatoms. The number of aliphatic hydroxyl groups is 1. The smallest absolute Gasteiger partial charge is 0.121 e. The Morgan fingerprint density at radius 3 is 2.84 bits per heavy atom. The Hall–Kier alpha value is -1.61. The highest BCUT2D eigenvalue weighted by atomic mass is 16.3. The SMILES string of the molecule is CCn1cncc1C(O)c1ccccc1C1CCC1. The highest BCUT2D eigenvalue weighted by Crippen LogP contribution is 2.40. The van der Waals surface area contributed by atoms with Crippen molar-refractivity contribution in [2.45, 2.75) is 44.8 Å². The van der Waals surface area contributed by atoms with Crippen LogP contribution in [-0.4, -0.2) is 14.7 Å². The topological polar surface area (TPSA) is 38.0 Å². The summed E-state index contributed by atoms with van der Waals surface area (Å²) in [6, 6.07) is 8.29. The molecule has 3 nitrogen and oxygen atoms in total. The molecule has 1 atom stereocenters. The lowest BCUT2D eigenvalue weighted by Crippen LogP contribution is -2.15. The third-order valence-corrected chi connectivity index (χ3v) is 4.20. The summed E-state index contributed by atoms with van der Waals surface area (Å²) in [7, 11) is 0. The van der Waals surface area contributed by atoms with Gasteiger partial charge in [-0.15, -0.1) is 0 Å². The number of imidazole rings is 1. The van der Waals surface area contributed by atoms with Crippen LogP contribution in [0.25, 0.3) is 0 Å². The molecule has 1 aliphatic carbocycles. The van der Waals surface area contributed by atoms with Gasteiger partial charge >= 0.3 is 0 Å². The Morgan fingerprint density at radius 2 is 2.16 bits per heavy atom. The number of aryl methyl sites for hydroxylation is 1. The van der Waals surface area contributed by atoms with Gasteiger partial charge in [-0.25, -0.2) is 4.98 Å². The van der Waals surface area contributed by atoms with E-state index in [-0.39, 0.29) is 0 Å². The predicted octanol–water partition coefficient (Wildman–Crippen LogP) is 3.25. The number of nitrogens with zero attached hydrogens (tertiary/aromatic N) is 2. The van der Waals surface area contributed by atoms with E-state index in [1.54, 1.807) is 12.5 Å². The summed E-state index contributed by atoms with van der Waals surface area (Å²) >= 11 is 0. The standard InChI is InChI=1S/C16H20N2O/c1-2-18-11-17-10-15(18)16(19)14-9-4-3-8-13(14)12-6-5-7-12/h3-4,8-12,16,19H,2,5-7H2,1H3. The molecule has 0 saturated heterocycles. The average Bonchev–Trinajstić information content (AvgIpc) is 2.85. The zero-order valence-electron chi connectivity index (χ0n) is 11.3. The van der Waals surface area contributed by atoms with E-state index in [0.717, 1.165) is 17.8 Å². The van der Waals surface area contributed by atoms with Crippen LogP contribution in [0, 0.1) is 0 Å². The molecule has 1 fully saturated rings. The summed E-state index contributed by atoms with van der Waals surface area (Å²) in [6.07, 6.45) is 6.78. The van der Waals surface area contributed by atoms with Crippen molar-refractivity contribution in [3.05, 3.63) is 53.6 Å². The van der Waals surface area contributed by atoms with Gasteiger partial charge in [-0.2, -0.15) is 0 Å². The van der Waals surface area contributed by atoms with Crippen molar-refractivity contribution in [2.24, 2.45) is 0 Å². The van der Waals surface area contributed by atoms with Crippen molar-refractivity contribution in [3.8, 4) is 0 Å². The minimum atomic E-state index is -0.570. The van der Waals surface area contributed by atoms with Crippen LogP contribution in [-0.2, 0) is 6.54 Å². The first kappa shape index (κ1) is 12.4. The van der Waals surface area contributed by atoms with Gasteiger partial charge < -0.3 is 9.67 Å². The second kappa shape index (κ2) is 5.17. The van der Waals surface area contributed by atoms with Crippen molar-refractivity contribution >= 4 is 0 Å². The van der Waals surface area contributed by atoms with Gasteiger partial charge in [0, 0.05) is 6.54 Å². The van der Waals surface area contributed by atoms with E-state index in [1.165, 1.54) is 24.8 Å². The van der Waals surface area contributed by atoms with Crippen molar-refractivity contribution in [1.29, 1.82) is 0 Å². The fraction of sp³-hybridized carbons (Fsp3) is 0.438. The van der Waals surface area contributed by atoms with Gasteiger partial charge in [0.15, 0.2) is 0 Å². The van der Waals surface area contributed by atoms with Crippen LogP contribution in [0.2, 0.25) is 0 Å². The largest absolute Gasteiger partial charge is 0.382 e. The van der Waals surface area contributed by atoms with E-state index < -0.39 is 6.10 Å². The number of rotatable bonds is 4. The first-order valence-corrected chi connectivity index (χ1v) is 7.08. The Morgan fingerprint density at radius 1 is 1.37 bits per heavy atom. The molecular formula is C16H20N2O. The van der Waals surface area contributed by atoms with E-state index in [1.807, 2.05) is 16.7 Å². The quantitative estimate of drug-likeness (QED) is 0.911. The van der Waals surface area contributed by atoms with Gasteiger partial charge in [0.25, 0.3) is 0 Å². The number of hydrogen-bond acceptors (Lipinski definition) is 2. The van der Waals surface area contributed by atoms with Gasteiger partial charge in [0.1, 0.15) is 6.10 Å². The lowest BCUT2D eigenvalue weighted by atomic mass is 9.77. The number of hydrogen-bond donors (Lipinski definition) is 1. The molecule has 0 spiro atoms.